The molecule has 0 bridgehead atoms. The minimum Gasteiger partial charge on any atom is -0.370 e. The Labute approximate surface area is 90.2 Å². The van der Waals surface area contributed by atoms with Crippen LogP contribution in [0.3, 0.4) is 0 Å². The van der Waals surface area contributed by atoms with Gasteiger partial charge in [0.1, 0.15) is 0 Å². The van der Waals surface area contributed by atoms with Crippen LogP contribution in [0.1, 0.15) is 23.2 Å². The molecule has 78 valence electrons. The molecule has 2 rings (SSSR count). The predicted octanol–water partition coefficient (Wildman–Crippen LogP) is 2.66. The fraction of sp³-hybridized carbons (Fsp3) is 0.308. The summed E-state index contributed by atoms with van der Waals surface area (Å²) < 4.78 is 0. The lowest BCUT2D eigenvalue weighted by atomic mass is 10.0. The van der Waals surface area contributed by atoms with Crippen molar-refractivity contribution in [1.82, 2.24) is 0 Å². The molecule has 1 aromatic carbocycles. The minimum absolute atomic E-state index is 0.264. The van der Waals surface area contributed by atoms with Crippen molar-refractivity contribution in [2.24, 2.45) is 0 Å². The second-order valence-corrected chi connectivity index (χ2v) is 3.75. The first kappa shape index (κ1) is 9.97. The van der Waals surface area contributed by atoms with Crippen molar-refractivity contribution >= 4 is 11.5 Å². The normalized spacial score (nSPS) is 14.9. The Bertz CT molecular complexity index is 384. The summed E-state index contributed by atoms with van der Waals surface area (Å²) in [6.45, 7) is 5.51. The Hall–Kier alpha value is -1.57. The molecule has 0 aromatic heterocycles. The third-order valence-electron chi connectivity index (χ3n) is 2.76. The van der Waals surface area contributed by atoms with E-state index < -0.39 is 0 Å². The van der Waals surface area contributed by atoms with E-state index >= 15 is 0 Å². The lowest BCUT2D eigenvalue weighted by Gasteiger charge is -2.30. The van der Waals surface area contributed by atoms with Gasteiger partial charge in [-0.25, -0.2) is 0 Å². The molecule has 0 spiro atoms. The summed E-state index contributed by atoms with van der Waals surface area (Å²) in [5.41, 5.74) is 1.95. The summed E-state index contributed by atoms with van der Waals surface area (Å²) in [6, 6.07) is 7.85. The molecule has 1 heterocycles. The van der Waals surface area contributed by atoms with E-state index in [1.807, 2.05) is 30.3 Å². The highest BCUT2D eigenvalue weighted by Gasteiger charge is 2.21. The Morgan fingerprint density at radius 3 is 3.00 bits per heavy atom. The van der Waals surface area contributed by atoms with Crippen molar-refractivity contribution in [3.63, 3.8) is 0 Å². The van der Waals surface area contributed by atoms with Gasteiger partial charge in [0.05, 0.1) is 0 Å². The lowest BCUT2D eigenvalue weighted by molar-refractivity contribution is 0.0980. The number of ketones is 1. The van der Waals surface area contributed by atoms with E-state index in [0.29, 0.717) is 6.42 Å². The number of anilines is 1. The highest BCUT2D eigenvalue weighted by molar-refractivity contribution is 6.03. The SMILES string of the molecule is C=CCCN1CCC(=O)c2ccccc21. The quantitative estimate of drug-likeness (QED) is 0.701. The second-order valence-electron chi connectivity index (χ2n) is 3.75. The van der Waals surface area contributed by atoms with Gasteiger partial charge in [-0.3, -0.25) is 4.79 Å². The highest BCUT2D eigenvalue weighted by Crippen LogP contribution is 2.26. The third kappa shape index (κ3) is 1.94. The van der Waals surface area contributed by atoms with Gasteiger partial charge in [0.15, 0.2) is 5.78 Å². The van der Waals surface area contributed by atoms with Crippen LogP contribution in [0.5, 0.6) is 0 Å². The van der Waals surface area contributed by atoms with Crippen molar-refractivity contribution in [2.45, 2.75) is 12.8 Å². The molecular weight excluding hydrogens is 186 g/mol. The number of hydrogen-bond donors (Lipinski definition) is 0. The molecule has 1 aliphatic rings. The minimum atomic E-state index is 0.264. The van der Waals surface area contributed by atoms with E-state index in [9.17, 15) is 4.79 Å². The van der Waals surface area contributed by atoms with E-state index in [0.717, 1.165) is 30.8 Å². The van der Waals surface area contributed by atoms with Crippen LogP contribution < -0.4 is 4.90 Å². The molecule has 0 saturated carbocycles. The van der Waals surface area contributed by atoms with Crippen LogP contribution in [0.4, 0.5) is 5.69 Å². The number of benzene rings is 1. The van der Waals surface area contributed by atoms with Crippen molar-refractivity contribution in [3.8, 4) is 0 Å². The first-order chi connectivity index (χ1) is 7.33. The third-order valence-corrected chi connectivity index (χ3v) is 2.76. The molecule has 15 heavy (non-hydrogen) atoms. The van der Waals surface area contributed by atoms with Crippen LogP contribution in [0, 0.1) is 0 Å². The zero-order chi connectivity index (χ0) is 10.7. The molecule has 2 nitrogen and oxygen atoms in total. The first-order valence-electron chi connectivity index (χ1n) is 5.31. The summed E-state index contributed by atoms with van der Waals surface area (Å²) in [5.74, 6) is 0.264. The molecule has 0 fully saturated rings. The Morgan fingerprint density at radius 1 is 1.40 bits per heavy atom. The van der Waals surface area contributed by atoms with Crippen LogP contribution in [-0.2, 0) is 0 Å². The average Bonchev–Trinajstić information content (AvgIpc) is 2.29. The lowest BCUT2D eigenvalue weighted by Crippen LogP contribution is -2.32. The number of Topliss-reactive ketones (excluding diaryl/α,β-unsaturated/α-hetero) is 1. The van der Waals surface area contributed by atoms with Gasteiger partial charge in [-0.15, -0.1) is 6.58 Å². The van der Waals surface area contributed by atoms with Gasteiger partial charge in [-0.1, -0.05) is 18.2 Å². The summed E-state index contributed by atoms with van der Waals surface area (Å²) in [5, 5.41) is 0. The number of para-hydroxylation sites is 1. The van der Waals surface area contributed by atoms with Crippen LogP contribution in [0.15, 0.2) is 36.9 Å². The fourth-order valence-electron chi connectivity index (χ4n) is 1.96. The molecule has 0 atom stereocenters. The van der Waals surface area contributed by atoms with E-state index in [1.165, 1.54) is 0 Å². The maximum atomic E-state index is 11.7. The number of carbonyl (C=O) groups is 1. The highest BCUT2D eigenvalue weighted by atomic mass is 16.1. The molecule has 2 heteroatoms. The van der Waals surface area contributed by atoms with Crippen molar-refractivity contribution in [3.05, 3.63) is 42.5 Å². The largest absolute Gasteiger partial charge is 0.370 e. The number of rotatable bonds is 3. The summed E-state index contributed by atoms with van der Waals surface area (Å²) in [6.07, 6.45) is 3.51. The standard InChI is InChI=1S/C13H15NO/c1-2-3-9-14-10-8-13(15)11-6-4-5-7-12(11)14/h2,4-7H,1,3,8-10H2. The van der Waals surface area contributed by atoms with Gasteiger partial charge in [0, 0.05) is 30.8 Å². The molecule has 0 amide bonds. The van der Waals surface area contributed by atoms with E-state index in [-0.39, 0.29) is 5.78 Å². The maximum absolute atomic E-state index is 11.7. The maximum Gasteiger partial charge on any atom is 0.166 e. The molecule has 0 saturated heterocycles. The molecule has 0 aliphatic carbocycles. The molecular formula is C13H15NO. The second kappa shape index (κ2) is 4.30. The van der Waals surface area contributed by atoms with Gasteiger partial charge < -0.3 is 4.90 Å². The van der Waals surface area contributed by atoms with Gasteiger partial charge in [0.2, 0.25) is 0 Å². The van der Waals surface area contributed by atoms with E-state index in [1.54, 1.807) is 0 Å². The summed E-state index contributed by atoms with van der Waals surface area (Å²) in [4.78, 5) is 13.9. The van der Waals surface area contributed by atoms with E-state index in [2.05, 4.69) is 11.5 Å². The van der Waals surface area contributed by atoms with Gasteiger partial charge in [-0.05, 0) is 18.6 Å². The molecule has 1 aromatic rings. The zero-order valence-corrected chi connectivity index (χ0v) is 8.78. The zero-order valence-electron chi connectivity index (χ0n) is 8.78. The van der Waals surface area contributed by atoms with Gasteiger partial charge in [0.25, 0.3) is 0 Å². The van der Waals surface area contributed by atoms with Crippen LogP contribution in [-0.4, -0.2) is 18.9 Å². The molecule has 0 radical (unpaired) electrons. The average molecular weight is 201 g/mol. The molecule has 1 aliphatic heterocycles. The van der Waals surface area contributed by atoms with Gasteiger partial charge >= 0.3 is 0 Å². The van der Waals surface area contributed by atoms with Gasteiger partial charge in [-0.2, -0.15) is 0 Å². The first-order valence-corrected chi connectivity index (χ1v) is 5.31. The number of carbonyl (C=O) groups excluding carboxylic acids is 1. The predicted molar refractivity (Wildman–Crippen MR) is 62.4 cm³/mol. The Morgan fingerprint density at radius 2 is 2.20 bits per heavy atom. The smallest absolute Gasteiger partial charge is 0.166 e. The van der Waals surface area contributed by atoms with Crippen molar-refractivity contribution in [1.29, 1.82) is 0 Å². The Kier molecular flexibility index (Phi) is 2.86. The van der Waals surface area contributed by atoms with Crippen LogP contribution in [0.25, 0.3) is 0 Å². The van der Waals surface area contributed by atoms with Crippen molar-refractivity contribution in [2.75, 3.05) is 18.0 Å². The van der Waals surface area contributed by atoms with E-state index in [4.69, 9.17) is 0 Å². The van der Waals surface area contributed by atoms with Crippen LogP contribution in [0.2, 0.25) is 0 Å². The molecule has 0 N–H and O–H groups in total. The summed E-state index contributed by atoms with van der Waals surface area (Å²) in [7, 11) is 0. The fourth-order valence-corrected chi connectivity index (χ4v) is 1.96. The topological polar surface area (TPSA) is 20.3 Å². The van der Waals surface area contributed by atoms with Crippen LogP contribution >= 0.6 is 0 Å². The summed E-state index contributed by atoms with van der Waals surface area (Å²) >= 11 is 0. The molecule has 0 unspecified atom stereocenters. The number of fused-ring (bicyclic) bond motifs is 1. The Balaban J connectivity index is 2.27. The van der Waals surface area contributed by atoms with Crippen molar-refractivity contribution < 1.29 is 4.79 Å². The monoisotopic (exact) mass is 201 g/mol. The number of nitrogens with zero attached hydrogens (tertiary/aromatic N) is 1. The number of hydrogen-bond acceptors (Lipinski definition) is 2.